The van der Waals surface area contributed by atoms with Gasteiger partial charge >= 0.3 is 0 Å². The van der Waals surface area contributed by atoms with Crippen molar-refractivity contribution < 1.29 is 9.59 Å². The number of rotatable bonds is 8. The lowest BCUT2D eigenvalue weighted by Gasteiger charge is -2.15. The van der Waals surface area contributed by atoms with E-state index in [1.54, 1.807) is 11.8 Å². The van der Waals surface area contributed by atoms with E-state index in [4.69, 9.17) is 0 Å². The monoisotopic (exact) mass is 368 g/mol. The van der Waals surface area contributed by atoms with Crippen molar-refractivity contribution in [3.63, 3.8) is 0 Å². The molecule has 0 saturated carbocycles. The van der Waals surface area contributed by atoms with Gasteiger partial charge in [0.05, 0.1) is 6.42 Å². The second kappa shape index (κ2) is 9.43. The zero-order valence-electron chi connectivity index (χ0n) is 14.8. The molecule has 0 aliphatic carbocycles. The van der Waals surface area contributed by atoms with Crippen molar-refractivity contribution in [2.24, 2.45) is 0 Å². The summed E-state index contributed by atoms with van der Waals surface area (Å²) in [6, 6.07) is 18.0. The number of nitrogens with zero attached hydrogens (tertiary/aromatic N) is 1. The van der Waals surface area contributed by atoms with Crippen molar-refractivity contribution in [2.75, 3.05) is 23.7 Å². The van der Waals surface area contributed by atoms with E-state index >= 15 is 0 Å². The highest BCUT2D eigenvalue weighted by molar-refractivity contribution is 7.99. The van der Waals surface area contributed by atoms with Crippen LogP contribution in [0.15, 0.2) is 59.5 Å². The normalized spacial score (nSPS) is 13.8. The Labute approximate surface area is 159 Å². The Kier molecular flexibility index (Phi) is 6.72. The molecule has 136 valence electrons. The summed E-state index contributed by atoms with van der Waals surface area (Å²) in [5, 5.41) is 2.98. The molecule has 1 aliphatic rings. The standard InChI is InChI=1S/C21H24N2O2S/c24-20(22-13-5-15-26-19-6-2-1-3-7-19)16-17-9-11-18(12-10-17)23-14-4-8-21(23)25/h1-3,6-7,9-12H,4-5,8,13-16H2,(H,22,24). The Morgan fingerprint density at radius 3 is 2.54 bits per heavy atom. The van der Waals surface area contributed by atoms with Crippen molar-refractivity contribution >= 4 is 29.3 Å². The predicted molar refractivity (Wildman–Crippen MR) is 107 cm³/mol. The summed E-state index contributed by atoms with van der Waals surface area (Å²) in [4.78, 5) is 26.9. The van der Waals surface area contributed by atoms with Crippen LogP contribution in [0.2, 0.25) is 0 Å². The van der Waals surface area contributed by atoms with Crippen molar-refractivity contribution in [3.8, 4) is 0 Å². The maximum atomic E-state index is 12.1. The fraction of sp³-hybridized carbons (Fsp3) is 0.333. The van der Waals surface area contributed by atoms with Gasteiger partial charge in [0.1, 0.15) is 0 Å². The third kappa shape index (κ3) is 5.36. The summed E-state index contributed by atoms with van der Waals surface area (Å²) < 4.78 is 0. The van der Waals surface area contributed by atoms with Gasteiger partial charge in [-0.15, -0.1) is 11.8 Å². The average Bonchev–Trinajstić information content (AvgIpc) is 3.09. The van der Waals surface area contributed by atoms with Crippen molar-refractivity contribution in [1.29, 1.82) is 0 Å². The first-order valence-electron chi connectivity index (χ1n) is 9.06. The number of hydrogen-bond acceptors (Lipinski definition) is 3. The van der Waals surface area contributed by atoms with Crippen LogP contribution in [0.3, 0.4) is 0 Å². The third-order valence-corrected chi connectivity index (χ3v) is 5.44. The lowest BCUT2D eigenvalue weighted by atomic mass is 10.1. The van der Waals surface area contributed by atoms with Gasteiger partial charge in [-0.1, -0.05) is 30.3 Å². The topological polar surface area (TPSA) is 49.4 Å². The highest BCUT2D eigenvalue weighted by Crippen LogP contribution is 2.21. The van der Waals surface area contributed by atoms with Crippen LogP contribution in [0.4, 0.5) is 5.69 Å². The Morgan fingerprint density at radius 2 is 1.85 bits per heavy atom. The number of amides is 2. The molecular weight excluding hydrogens is 344 g/mol. The predicted octanol–water partition coefficient (Wildman–Crippen LogP) is 3.65. The summed E-state index contributed by atoms with van der Waals surface area (Å²) in [6.45, 7) is 1.48. The number of anilines is 1. The van der Waals surface area contributed by atoms with Crippen LogP contribution in [0.1, 0.15) is 24.8 Å². The molecule has 26 heavy (non-hydrogen) atoms. The van der Waals surface area contributed by atoms with Gasteiger partial charge in [0.2, 0.25) is 11.8 Å². The van der Waals surface area contributed by atoms with Gasteiger partial charge < -0.3 is 10.2 Å². The van der Waals surface area contributed by atoms with E-state index in [9.17, 15) is 9.59 Å². The number of hydrogen-bond donors (Lipinski definition) is 1. The summed E-state index contributed by atoms with van der Waals surface area (Å²) in [6.07, 6.45) is 2.87. The number of carbonyl (C=O) groups excluding carboxylic acids is 2. The van der Waals surface area contributed by atoms with E-state index in [2.05, 4.69) is 17.4 Å². The number of nitrogens with one attached hydrogen (secondary N) is 1. The molecule has 1 saturated heterocycles. The minimum Gasteiger partial charge on any atom is -0.356 e. The summed E-state index contributed by atoms with van der Waals surface area (Å²) in [7, 11) is 0. The van der Waals surface area contributed by atoms with Crippen LogP contribution in [0.5, 0.6) is 0 Å². The average molecular weight is 369 g/mol. The SMILES string of the molecule is O=C(Cc1ccc(N2CCCC2=O)cc1)NCCCSc1ccccc1. The molecule has 4 nitrogen and oxygen atoms in total. The molecule has 1 heterocycles. The maximum Gasteiger partial charge on any atom is 0.227 e. The van der Waals surface area contributed by atoms with E-state index in [-0.39, 0.29) is 11.8 Å². The first-order valence-corrected chi connectivity index (χ1v) is 10.0. The fourth-order valence-electron chi connectivity index (χ4n) is 2.97. The van der Waals surface area contributed by atoms with Crippen LogP contribution in [0, 0.1) is 0 Å². The van der Waals surface area contributed by atoms with Gasteiger partial charge in [0.15, 0.2) is 0 Å². The first kappa shape index (κ1) is 18.5. The minimum absolute atomic E-state index is 0.0414. The molecule has 0 aromatic heterocycles. The molecule has 0 bridgehead atoms. The first-order chi connectivity index (χ1) is 12.7. The van der Waals surface area contributed by atoms with E-state index < -0.39 is 0 Å². The van der Waals surface area contributed by atoms with Crippen LogP contribution in [-0.4, -0.2) is 30.7 Å². The van der Waals surface area contributed by atoms with Gasteiger partial charge in [-0.05, 0) is 48.4 Å². The quantitative estimate of drug-likeness (QED) is 0.571. The van der Waals surface area contributed by atoms with Crippen molar-refractivity contribution in [2.45, 2.75) is 30.6 Å². The molecule has 2 aromatic carbocycles. The lowest BCUT2D eigenvalue weighted by Crippen LogP contribution is -2.26. The van der Waals surface area contributed by atoms with Gasteiger partial charge in [0.25, 0.3) is 0 Å². The second-order valence-electron chi connectivity index (χ2n) is 6.36. The Hall–Kier alpha value is -2.27. The number of carbonyl (C=O) groups is 2. The summed E-state index contributed by atoms with van der Waals surface area (Å²) in [5.41, 5.74) is 1.89. The van der Waals surface area contributed by atoms with Crippen molar-refractivity contribution in [3.05, 3.63) is 60.2 Å². The minimum atomic E-state index is 0.0414. The molecule has 3 rings (SSSR count). The molecule has 0 unspecified atom stereocenters. The van der Waals surface area contributed by atoms with E-state index in [1.165, 1.54) is 4.90 Å². The molecule has 0 radical (unpaired) electrons. The zero-order chi connectivity index (χ0) is 18.2. The molecule has 0 spiro atoms. The Bertz CT molecular complexity index is 731. The van der Waals surface area contributed by atoms with Crippen LogP contribution < -0.4 is 10.2 Å². The van der Waals surface area contributed by atoms with E-state index in [1.807, 2.05) is 47.4 Å². The summed E-state index contributed by atoms with van der Waals surface area (Å²) in [5.74, 6) is 1.21. The molecule has 1 N–H and O–H groups in total. The maximum absolute atomic E-state index is 12.1. The van der Waals surface area contributed by atoms with Crippen LogP contribution in [-0.2, 0) is 16.0 Å². The Balaban J connectivity index is 1.36. The largest absolute Gasteiger partial charge is 0.356 e. The zero-order valence-corrected chi connectivity index (χ0v) is 15.6. The molecule has 2 amide bonds. The second-order valence-corrected chi connectivity index (χ2v) is 7.53. The highest BCUT2D eigenvalue weighted by atomic mass is 32.2. The highest BCUT2D eigenvalue weighted by Gasteiger charge is 2.21. The smallest absolute Gasteiger partial charge is 0.227 e. The summed E-state index contributed by atoms with van der Waals surface area (Å²) >= 11 is 1.81. The van der Waals surface area contributed by atoms with E-state index in [0.717, 1.165) is 36.4 Å². The number of benzene rings is 2. The van der Waals surface area contributed by atoms with Crippen LogP contribution >= 0.6 is 11.8 Å². The number of thioether (sulfide) groups is 1. The van der Waals surface area contributed by atoms with Crippen LogP contribution in [0.25, 0.3) is 0 Å². The molecule has 1 aliphatic heterocycles. The van der Waals surface area contributed by atoms with Gasteiger partial charge in [0, 0.05) is 30.1 Å². The molecular formula is C21H24N2O2S. The Morgan fingerprint density at radius 1 is 1.08 bits per heavy atom. The third-order valence-electron chi connectivity index (χ3n) is 4.34. The molecule has 5 heteroatoms. The van der Waals surface area contributed by atoms with Gasteiger partial charge in [-0.3, -0.25) is 9.59 Å². The van der Waals surface area contributed by atoms with Crippen molar-refractivity contribution in [1.82, 2.24) is 5.32 Å². The van der Waals surface area contributed by atoms with Gasteiger partial charge in [-0.25, -0.2) is 0 Å². The van der Waals surface area contributed by atoms with E-state index in [0.29, 0.717) is 19.4 Å². The molecule has 0 atom stereocenters. The fourth-order valence-corrected chi connectivity index (χ4v) is 3.84. The lowest BCUT2D eigenvalue weighted by molar-refractivity contribution is -0.120. The van der Waals surface area contributed by atoms with Gasteiger partial charge in [-0.2, -0.15) is 0 Å². The molecule has 1 fully saturated rings. The molecule has 2 aromatic rings.